The van der Waals surface area contributed by atoms with Crippen LogP contribution >= 0.6 is 15.9 Å². The normalized spacial score (nSPS) is 15.4. The van der Waals surface area contributed by atoms with E-state index in [9.17, 15) is 9.18 Å². The molecule has 1 amide bonds. The molecule has 0 spiro atoms. The molecule has 1 atom stereocenters. The van der Waals surface area contributed by atoms with Crippen LogP contribution in [0.3, 0.4) is 0 Å². The Bertz CT molecular complexity index is 703. The lowest BCUT2D eigenvalue weighted by atomic mass is 10.0. The predicted octanol–water partition coefficient (Wildman–Crippen LogP) is 4.35. The summed E-state index contributed by atoms with van der Waals surface area (Å²) in [6.07, 6.45) is 5.12. The maximum absolute atomic E-state index is 14.1. The van der Waals surface area contributed by atoms with Crippen molar-refractivity contribution in [1.29, 1.82) is 0 Å². The number of hydrogen-bond acceptors (Lipinski definition) is 2. The zero-order chi connectivity index (χ0) is 15.7. The quantitative estimate of drug-likeness (QED) is 0.809. The van der Waals surface area contributed by atoms with Gasteiger partial charge in [-0.2, -0.15) is 0 Å². The van der Waals surface area contributed by atoms with Crippen molar-refractivity contribution in [3.05, 3.63) is 64.1 Å². The number of nitrogens with zero attached hydrogens (tertiary/aromatic N) is 2. The Hall–Kier alpha value is -1.75. The van der Waals surface area contributed by atoms with Gasteiger partial charge in [0.05, 0.1) is 11.6 Å². The van der Waals surface area contributed by atoms with Crippen LogP contribution < -0.4 is 0 Å². The highest BCUT2D eigenvalue weighted by molar-refractivity contribution is 9.10. The summed E-state index contributed by atoms with van der Waals surface area (Å²) in [5.74, 6) is -0.382. The van der Waals surface area contributed by atoms with E-state index in [0.717, 1.165) is 17.3 Å². The van der Waals surface area contributed by atoms with Crippen LogP contribution in [0.2, 0.25) is 0 Å². The third kappa shape index (κ3) is 3.04. The van der Waals surface area contributed by atoms with Gasteiger partial charge in [-0.25, -0.2) is 4.39 Å². The molecule has 1 saturated carbocycles. The molecule has 1 aliphatic carbocycles. The molecule has 1 aromatic heterocycles. The Morgan fingerprint density at radius 1 is 1.36 bits per heavy atom. The van der Waals surface area contributed by atoms with E-state index in [-0.39, 0.29) is 23.8 Å². The fourth-order valence-electron chi connectivity index (χ4n) is 2.65. The summed E-state index contributed by atoms with van der Waals surface area (Å²) in [4.78, 5) is 18.7. The van der Waals surface area contributed by atoms with E-state index in [1.807, 2.05) is 6.92 Å². The second-order valence-corrected chi connectivity index (χ2v) is 6.45. The summed E-state index contributed by atoms with van der Waals surface area (Å²) in [5.41, 5.74) is 1.06. The number of benzene rings is 1. The van der Waals surface area contributed by atoms with Gasteiger partial charge in [0.1, 0.15) is 5.82 Å². The third-order valence-corrected chi connectivity index (χ3v) is 4.33. The standard InChI is InChI=1S/C17H16BrFN2O/c1-11(15-4-2-3-5-16(15)19)21(14-6-7-14)17(22)12-8-13(18)10-20-9-12/h2-5,8-11,14H,6-7H2,1H3. The van der Waals surface area contributed by atoms with Gasteiger partial charge in [0, 0.05) is 28.5 Å². The van der Waals surface area contributed by atoms with Crippen LogP contribution in [0, 0.1) is 5.82 Å². The van der Waals surface area contributed by atoms with Gasteiger partial charge in [0.2, 0.25) is 0 Å². The minimum absolute atomic E-state index is 0.105. The number of carbonyl (C=O) groups is 1. The van der Waals surface area contributed by atoms with E-state index in [2.05, 4.69) is 20.9 Å². The van der Waals surface area contributed by atoms with Crippen LogP contribution in [-0.2, 0) is 0 Å². The molecule has 3 nitrogen and oxygen atoms in total. The number of rotatable bonds is 4. The fourth-order valence-corrected chi connectivity index (χ4v) is 3.02. The fraction of sp³-hybridized carbons (Fsp3) is 0.294. The summed E-state index contributed by atoms with van der Waals surface area (Å²) in [6.45, 7) is 1.88. The van der Waals surface area contributed by atoms with Crippen molar-refractivity contribution in [1.82, 2.24) is 9.88 Å². The van der Waals surface area contributed by atoms with Gasteiger partial charge in [-0.05, 0) is 47.8 Å². The van der Waals surface area contributed by atoms with Crippen molar-refractivity contribution >= 4 is 21.8 Å². The second-order valence-electron chi connectivity index (χ2n) is 5.53. The molecule has 0 radical (unpaired) electrons. The minimum Gasteiger partial charge on any atom is -0.329 e. The van der Waals surface area contributed by atoms with Crippen LogP contribution in [0.4, 0.5) is 4.39 Å². The van der Waals surface area contributed by atoms with Crippen molar-refractivity contribution in [3.63, 3.8) is 0 Å². The second kappa shape index (κ2) is 6.16. The van der Waals surface area contributed by atoms with Crippen molar-refractivity contribution < 1.29 is 9.18 Å². The first kappa shape index (κ1) is 15.2. The Kier molecular flexibility index (Phi) is 4.25. The van der Waals surface area contributed by atoms with E-state index in [0.29, 0.717) is 11.1 Å². The molecule has 2 aromatic rings. The Morgan fingerprint density at radius 3 is 2.73 bits per heavy atom. The molecule has 0 bridgehead atoms. The lowest BCUT2D eigenvalue weighted by Gasteiger charge is -2.30. The Morgan fingerprint density at radius 2 is 2.09 bits per heavy atom. The molecule has 1 aliphatic rings. The van der Waals surface area contributed by atoms with Crippen LogP contribution in [0.5, 0.6) is 0 Å². The summed E-state index contributed by atoms with van der Waals surface area (Å²) in [6, 6.07) is 8.25. The lowest BCUT2D eigenvalue weighted by molar-refractivity contribution is 0.0670. The molecule has 3 rings (SSSR count). The zero-order valence-corrected chi connectivity index (χ0v) is 13.8. The van der Waals surface area contributed by atoms with Crippen LogP contribution in [0.1, 0.15) is 41.7 Å². The first-order valence-corrected chi connectivity index (χ1v) is 8.05. The molecule has 22 heavy (non-hydrogen) atoms. The zero-order valence-electron chi connectivity index (χ0n) is 12.2. The number of amides is 1. The molecule has 1 heterocycles. The molecule has 0 saturated heterocycles. The largest absolute Gasteiger partial charge is 0.329 e. The highest BCUT2D eigenvalue weighted by Gasteiger charge is 2.37. The molecule has 0 aliphatic heterocycles. The number of aromatic nitrogens is 1. The third-order valence-electron chi connectivity index (χ3n) is 3.90. The minimum atomic E-state index is -0.305. The maximum atomic E-state index is 14.1. The van der Waals surface area contributed by atoms with E-state index >= 15 is 0 Å². The van der Waals surface area contributed by atoms with Crippen molar-refractivity contribution in [3.8, 4) is 0 Å². The molecule has 1 aromatic carbocycles. The first-order valence-electron chi connectivity index (χ1n) is 7.25. The van der Waals surface area contributed by atoms with Gasteiger partial charge >= 0.3 is 0 Å². The highest BCUT2D eigenvalue weighted by atomic mass is 79.9. The first-order chi connectivity index (χ1) is 10.6. The van der Waals surface area contributed by atoms with Crippen LogP contribution in [0.25, 0.3) is 0 Å². The van der Waals surface area contributed by atoms with Gasteiger partial charge in [-0.15, -0.1) is 0 Å². The average Bonchev–Trinajstić information content (AvgIpc) is 3.32. The molecular formula is C17H16BrFN2O. The maximum Gasteiger partial charge on any atom is 0.256 e. The topological polar surface area (TPSA) is 33.2 Å². The van der Waals surface area contributed by atoms with Crippen LogP contribution in [-0.4, -0.2) is 21.8 Å². The predicted molar refractivity (Wildman–Crippen MR) is 85.9 cm³/mol. The Labute approximate surface area is 137 Å². The summed E-state index contributed by atoms with van der Waals surface area (Å²) >= 11 is 3.33. The Balaban J connectivity index is 1.93. The van der Waals surface area contributed by atoms with Crippen molar-refractivity contribution in [2.24, 2.45) is 0 Å². The monoisotopic (exact) mass is 362 g/mol. The lowest BCUT2D eigenvalue weighted by Crippen LogP contribution is -2.36. The van der Waals surface area contributed by atoms with E-state index in [4.69, 9.17) is 0 Å². The SMILES string of the molecule is CC(c1ccccc1F)N(C(=O)c1cncc(Br)c1)C1CC1. The summed E-state index contributed by atoms with van der Waals surface area (Å²) in [5, 5.41) is 0. The number of carbonyl (C=O) groups excluding carboxylic acids is 1. The molecule has 114 valence electrons. The van der Waals surface area contributed by atoms with Crippen molar-refractivity contribution in [2.45, 2.75) is 31.8 Å². The van der Waals surface area contributed by atoms with Gasteiger partial charge in [-0.1, -0.05) is 18.2 Å². The van der Waals surface area contributed by atoms with E-state index in [1.165, 1.54) is 6.07 Å². The van der Waals surface area contributed by atoms with Gasteiger partial charge in [0.15, 0.2) is 0 Å². The van der Waals surface area contributed by atoms with Gasteiger partial charge < -0.3 is 4.90 Å². The van der Waals surface area contributed by atoms with Crippen molar-refractivity contribution in [2.75, 3.05) is 0 Å². The van der Waals surface area contributed by atoms with Crippen LogP contribution in [0.15, 0.2) is 47.2 Å². The molecular weight excluding hydrogens is 347 g/mol. The molecule has 1 fully saturated rings. The van der Waals surface area contributed by atoms with Gasteiger partial charge in [-0.3, -0.25) is 9.78 Å². The van der Waals surface area contributed by atoms with E-state index in [1.54, 1.807) is 41.6 Å². The average molecular weight is 363 g/mol. The molecule has 1 unspecified atom stereocenters. The molecule has 5 heteroatoms. The smallest absolute Gasteiger partial charge is 0.256 e. The van der Waals surface area contributed by atoms with Gasteiger partial charge in [0.25, 0.3) is 5.91 Å². The number of halogens is 2. The summed E-state index contributed by atoms with van der Waals surface area (Å²) in [7, 11) is 0. The number of pyridine rings is 1. The number of hydrogen-bond donors (Lipinski definition) is 0. The summed E-state index contributed by atoms with van der Waals surface area (Å²) < 4.78 is 14.8. The molecule has 0 N–H and O–H groups in total. The highest BCUT2D eigenvalue weighted by Crippen LogP contribution is 2.36. The van der Waals surface area contributed by atoms with E-state index < -0.39 is 0 Å².